The molecule has 6 nitrogen and oxygen atoms in total. The molecule has 2 fully saturated rings. The number of likely N-dealkylation sites (tertiary alicyclic amines) is 1. The van der Waals surface area contributed by atoms with E-state index in [1.54, 1.807) is 6.07 Å². The van der Waals surface area contributed by atoms with Crippen LogP contribution >= 0.6 is 0 Å². The third-order valence-corrected chi connectivity index (χ3v) is 6.34. The van der Waals surface area contributed by atoms with E-state index in [0.29, 0.717) is 18.8 Å². The maximum absolute atomic E-state index is 13.1. The number of aromatic hydroxyl groups is 1. The molecular formula is C23H30N4O2. The summed E-state index contributed by atoms with van der Waals surface area (Å²) in [5, 5.41) is 10.1. The Morgan fingerprint density at radius 1 is 1.00 bits per heavy atom. The zero-order chi connectivity index (χ0) is 20.4. The van der Waals surface area contributed by atoms with Gasteiger partial charge in [0.1, 0.15) is 5.75 Å². The highest BCUT2D eigenvalue weighted by atomic mass is 16.3. The first-order chi connectivity index (χ1) is 14.0. The molecule has 2 aliphatic rings. The Bertz CT molecular complexity index is 836. The number of carbonyl (C=O) groups excluding carboxylic acids is 1. The van der Waals surface area contributed by atoms with Crippen molar-refractivity contribution in [3.05, 3.63) is 60.2 Å². The lowest BCUT2D eigenvalue weighted by Gasteiger charge is -2.38. The number of carbonyl (C=O) groups is 1. The zero-order valence-electron chi connectivity index (χ0n) is 16.9. The second-order valence-electron chi connectivity index (χ2n) is 8.11. The largest absolute Gasteiger partial charge is 0.506 e. The summed E-state index contributed by atoms with van der Waals surface area (Å²) in [5.41, 5.74) is 8.50. The van der Waals surface area contributed by atoms with E-state index in [9.17, 15) is 9.90 Å². The van der Waals surface area contributed by atoms with Crippen LogP contribution in [0, 0.1) is 0 Å². The first kappa shape index (κ1) is 19.7. The normalized spacial score (nSPS) is 23.9. The molecule has 4 rings (SSSR count). The molecule has 6 heteroatoms. The van der Waals surface area contributed by atoms with Crippen LogP contribution in [0.3, 0.4) is 0 Å². The van der Waals surface area contributed by atoms with Crippen molar-refractivity contribution < 1.29 is 9.90 Å². The van der Waals surface area contributed by atoms with Crippen LogP contribution in [0.2, 0.25) is 0 Å². The van der Waals surface area contributed by atoms with Gasteiger partial charge in [0, 0.05) is 51.2 Å². The molecular weight excluding hydrogens is 364 g/mol. The van der Waals surface area contributed by atoms with E-state index in [1.165, 1.54) is 5.56 Å². The predicted octanol–water partition coefficient (Wildman–Crippen LogP) is 1.86. The summed E-state index contributed by atoms with van der Waals surface area (Å²) in [6, 6.07) is 17.6. The maximum Gasteiger partial charge on any atom is 0.239 e. The Labute approximate surface area is 172 Å². The minimum atomic E-state index is -0.175. The second kappa shape index (κ2) is 8.43. The van der Waals surface area contributed by atoms with Crippen LogP contribution in [0.25, 0.3) is 0 Å². The number of benzene rings is 2. The second-order valence-corrected chi connectivity index (χ2v) is 8.11. The molecule has 29 heavy (non-hydrogen) atoms. The fourth-order valence-electron chi connectivity index (χ4n) is 4.55. The number of rotatable bonds is 4. The molecule has 154 valence electrons. The smallest absolute Gasteiger partial charge is 0.239 e. The molecule has 2 aromatic rings. The zero-order valence-corrected chi connectivity index (χ0v) is 16.9. The average molecular weight is 395 g/mol. The van der Waals surface area contributed by atoms with Gasteiger partial charge in [-0.05, 0) is 24.6 Å². The summed E-state index contributed by atoms with van der Waals surface area (Å²) in [4.78, 5) is 19.4. The molecule has 1 unspecified atom stereocenters. The van der Waals surface area contributed by atoms with Crippen molar-refractivity contribution in [2.45, 2.75) is 24.9 Å². The topological polar surface area (TPSA) is 73.0 Å². The van der Waals surface area contributed by atoms with Crippen molar-refractivity contribution in [3.8, 4) is 5.75 Å². The third-order valence-electron chi connectivity index (χ3n) is 6.34. The Balaban J connectivity index is 1.35. The summed E-state index contributed by atoms with van der Waals surface area (Å²) in [6.07, 6.45) is 0. The molecule has 2 saturated heterocycles. The first-order valence-corrected chi connectivity index (χ1v) is 10.4. The number of nitrogens with two attached hydrogens (primary N) is 1. The minimum absolute atomic E-state index is 0.0468. The van der Waals surface area contributed by atoms with Crippen molar-refractivity contribution in [1.29, 1.82) is 0 Å². The minimum Gasteiger partial charge on any atom is -0.506 e. The molecule has 2 aliphatic heterocycles. The van der Waals surface area contributed by atoms with Gasteiger partial charge in [-0.25, -0.2) is 0 Å². The highest BCUT2D eigenvalue weighted by molar-refractivity contribution is 5.82. The van der Waals surface area contributed by atoms with Gasteiger partial charge in [0.2, 0.25) is 5.91 Å². The molecule has 0 radical (unpaired) electrons. The van der Waals surface area contributed by atoms with E-state index in [4.69, 9.17) is 5.73 Å². The van der Waals surface area contributed by atoms with Crippen LogP contribution in [0.15, 0.2) is 54.6 Å². The van der Waals surface area contributed by atoms with E-state index in [1.807, 2.05) is 48.2 Å². The molecule has 2 heterocycles. The number of hydrogen-bond acceptors (Lipinski definition) is 5. The molecule has 3 atom stereocenters. The van der Waals surface area contributed by atoms with Crippen LogP contribution in [-0.4, -0.2) is 72.2 Å². The average Bonchev–Trinajstić information content (AvgIpc) is 3.15. The van der Waals surface area contributed by atoms with Gasteiger partial charge in [-0.2, -0.15) is 0 Å². The summed E-state index contributed by atoms with van der Waals surface area (Å²) in [5.74, 6) is 0.728. The molecule has 0 spiro atoms. The van der Waals surface area contributed by atoms with E-state index in [0.717, 1.165) is 31.9 Å². The van der Waals surface area contributed by atoms with E-state index in [-0.39, 0.29) is 23.9 Å². The van der Waals surface area contributed by atoms with Gasteiger partial charge in [0.25, 0.3) is 0 Å². The molecule has 2 aromatic carbocycles. The standard InChI is InChI=1S/C23H30N4O2/c1-17(27-15-19(20(24)16-27)18-7-3-2-4-8-18)23(29)26-13-11-25(12-14-26)21-9-5-6-10-22(21)28/h2-10,17,19-20,28H,11-16,24H2,1H3/t17?,19-,20+/m0/s1. The Kier molecular flexibility index (Phi) is 5.74. The van der Waals surface area contributed by atoms with Gasteiger partial charge in [0.05, 0.1) is 11.7 Å². The predicted molar refractivity (Wildman–Crippen MR) is 115 cm³/mol. The molecule has 1 amide bonds. The Hall–Kier alpha value is -2.57. The quantitative estimate of drug-likeness (QED) is 0.828. The number of para-hydroxylation sites is 2. The third kappa shape index (κ3) is 4.09. The lowest BCUT2D eigenvalue weighted by Crippen LogP contribution is -2.54. The fraction of sp³-hybridized carbons (Fsp3) is 0.435. The summed E-state index contributed by atoms with van der Waals surface area (Å²) in [7, 11) is 0. The Morgan fingerprint density at radius 3 is 2.34 bits per heavy atom. The molecule has 3 N–H and O–H groups in total. The number of anilines is 1. The summed E-state index contributed by atoms with van der Waals surface area (Å²) in [6.45, 7) is 6.33. The number of phenols is 1. The lowest BCUT2D eigenvalue weighted by atomic mass is 9.95. The molecule has 0 bridgehead atoms. The van der Waals surface area contributed by atoms with Crippen LogP contribution < -0.4 is 10.6 Å². The number of phenolic OH excluding ortho intramolecular Hbond substituents is 1. The van der Waals surface area contributed by atoms with Crippen LogP contribution in [0.1, 0.15) is 18.4 Å². The van der Waals surface area contributed by atoms with E-state index < -0.39 is 0 Å². The van der Waals surface area contributed by atoms with Crippen molar-refractivity contribution in [3.63, 3.8) is 0 Å². The van der Waals surface area contributed by atoms with E-state index >= 15 is 0 Å². The van der Waals surface area contributed by atoms with Crippen LogP contribution in [0.5, 0.6) is 5.75 Å². The Morgan fingerprint density at radius 2 is 1.66 bits per heavy atom. The van der Waals surface area contributed by atoms with Crippen molar-refractivity contribution in [1.82, 2.24) is 9.80 Å². The van der Waals surface area contributed by atoms with Crippen molar-refractivity contribution in [2.24, 2.45) is 5.73 Å². The molecule has 0 aromatic heterocycles. The SMILES string of the molecule is CC(C(=O)N1CCN(c2ccccc2O)CC1)N1C[C@@H](N)[C@H](c2ccccc2)C1. The maximum atomic E-state index is 13.1. The monoisotopic (exact) mass is 394 g/mol. The number of hydrogen-bond donors (Lipinski definition) is 2. The summed E-state index contributed by atoms with van der Waals surface area (Å²) < 4.78 is 0. The number of piperazine rings is 1. The van der Waals surface area contributed by atoms with Crippen molar-refractivity contribution >= 4 is 11.6 Å². The van der Waals surface area contributed by atoms with Gasteiger partial charge in [0.15, 0.2) is 0 Å². The number of nitrogens with zero attached hydrogens (tertiary/aromatic N) is 3. The van der Waals surface area contributed by atoms with Gasteiger partial charge < -0.3 is 20.6 Å². The molecule has 0 saturated carbocycles. The van der Waals surface area contributed by atoms with E-state index in [2.05, 4.69) is 21.9 Å². The number of amides is 1. The lowest BCUT2D eigenvalue weighted by molar-refractivity contribution is -0.136. The van der Waals surface area contributed by atoms with Crippen LogP contribution in [0.4, 0.5) is 5.69 Å². The highest BCUT2D eigenvalue weighted by Gasteiger charge is 2.37. The van der Waals surface area contributed by atoms with Gasteiger partial charge in [-0.1, -0.05) is 42.5 Å². The highest BCUT2D eigenvalue weighted by Crippen LogP contribution is 2.29. The van der Waals surface area contributed by atoms with Gasteiger partial charge in [-0.3, -0.25) is 9.69 Å². The fourth-order valence-corrected chi connectivity index (χ4v) is 4.55. The van der Waals surface area contributed by atoms with Crippen molar-refractivity contribution in [2.75, 3.05) is 44.2 Å². The van der Waals surface area contributed by atoms with Gasteiger partial charge in [-0.15, -0.1) is 0 Å². The van der Waals surface area contributed by atoms with Crippen LogP contribution in [-0.2, 0) is 4.79 Å². The molecule has 0 aliphatic carbocycles. The first-order valence-electron chi connectivity index (χ1n) is 10.4. The summed E-state index contributed by atoms with van der Waals surface area (Å²) >= 11 is 0. The van der Waals surface area contributed by atoms with Gasteiger partial charge >= 0.3 is 0 Å².